The number of benzene rings is 1. The number of fused-ring (bicyclic) bond motifs is 1. The Morgan fingerprint density at radius 1 is 1.04 bits per heavy atom. The molecule has 2 rings (SSSR count). The number of furan rings is 1. The molecule has 23 heavy (non-hydrogen) atoms. The quantitative estimate of drug-likeness (QED) is 0.671. The van der Waals surface area contributed by atoms with Crippen LogP contribution in [-0.2, 0) is 6.04 Å². The monoisotopic (exact) mass is 332 g/mol. The highest BCUT2D eigenvalue weighted by Gasteiger charge is 2.44. The molecule has 0 fully saturated rings. The fourth-order valence-electron chi connectivity index (χ4n) is 4.37. The van der Waals surface area contributed by atoms with E-state index in [9.17, 15) is 9.90 Å². The van der Waals surface area contributed by atoms with Crippen molar-refractivity contribution in [3.05, 3.63) is 35.6 Å². The van der Waals surface area contributed by atoms with Crippen LogP contribution in [0.5, 0.6) is 0 Å². The summed E-state index contributed by atoms with van der Waals surface area (Å²) < 4.78 is 5.67. The second-order valence-electron chi connectivity index (χ2n) is 7.46. The van der Waals surface area contributed by atoms with Crippen molar-refractivity contribution >= 4 is 25.0 Å². The van der Waals surface area contributed by atoms with Gasteiger partial charge in [0, 0.05) is 10.9 Å². The molecule has 0 atom stereocenters. The van der Waals surface area contributed by atoms with E-state index in [2.05, 4.69) is 41.5 Å². The molecule has 2 aromatic rings. The van der Waals surface area contributed by atoms with E-state index >= 15 is 0 Å². The lowest BCUT2D eigenvalue weighted by molar-refractivity contribution is 0.0663. The maximum atomic E-state index is 11.7. The Hall–Kier alpha value is -1.55. The van der Waals surface area contributed by atoms with E-state index < -0.39 is 14.0 Å². The Bertz CT molecular complexity index is 676. The molecule has 1 aromatic carbocycles. The third kappa shape index (κ3) is 2.96. The van der Waals surface area contributed by atoms with Crippen LogP contribution in [0.4, 0.5) is 0 Å². The van der Waals surface area contributed by atoms with E-state index in [1.165, 1.54) is 0 Å². The Morgan fingerprint density at radius 2 is 1.57 bits per heavy atom. The lowest BCUT2D eigenvalue weighted by atomic mass is 10.1. The zero-order valence-corrected chi connectivity index (χ0v) is 16.0. The van der Waals surface area contributed by atoms with E-state index in [-0.39, 0.29) is 5.76 Å². The summed E-state index contributed by atoms with van der Waals surface area (Å²) in [6.45, 7) is 13.8. The van der Waals surface area contributed by atoms with Gasteiger partial charge in [-0.25, -0.2) is 4.79 Å². The van der Waals surface area contributed by atoms with Crippen LogP contribution in [-0.4, -0.2) is 19.1 Å². The summed E-state index contributed by atoms with van der Waals surface area (Å²) >= 11 is 0. The van der Waals surface area contributed by atoms with Gasteiger partial charge in [-0.3, -0.25) is 0 Å². The molecule has 4 heteroatoms. The fourth-order valence-corrected chi connectivity index (χ4v) is 10.6. The van der Waals surface area contributed by atoms with E-state index in [1.807, 2.05) is 24.3 Å². The molecule has 0 aliphatic carbocycles. The van der Waals surface area contributed by atoms with Gasteiger partial charge in [0.1, 0.15) is 5.58 Å². The minimum atomic E-state index is -1.75. The van der Waals surface area contributed by atoms with Crippen molar-refractivity contribution in [2.24, 2.45) is 0 Å². The van der Waals surface area contributed by atoms with Crippen LogP contribution in [0.3, 0.4) is 0 Å². The first kappa shape index (κ1) is 17.8. The van der Waals surface area contributed by atoms with Crippen molar-refractivity contribution in [2.45, 2.75) is 64.2 Å². The largest absolute Gasteiger partial charge is 0.475 e. The van der Waals surface area contributed by atoms with Gasteiger partial charge < -0.3 is 9.52 Å². The summed E-state index contributed by atoms with van der Waals surface area (Å²) in [5.74, 6) is -0.833. The molecular weight excluding hydrogens is 304 g/mol. The topological polar surface area (TPSA) is 50.4 Å². The van der Waals surface area contributed by atoms with Crippen molar-refractivity contribution in [1.29, 1.82) is 0 Å². The Morgan fingerprint density at radius 3 is 2.04 bits per heavy atom. The first-order valence-corrected chi connectivity index (χ1v) is 10.9. The van der Waals surface area contributed by atoms with Gasteiger partial charge in [0.2, 0.25) is 5.76 Å². The van der Waals surface area contributed by atoms with Gasteiger partial charge in [0.15, 0.2) is 0 Å². The third-order valence-corrected chi connectivity index (χ3v) is 13.0. The first-order valence-electron chi connectivity index (χ1n) is 8.45. The van der Waals surface area contributed by atoms with Crippen LogP contribution in [0.1, 0.15) is 57.7 Å². The summed E-state index contributed by atoms with van der Waals surface area (Å²) in [5.41, 5.74) is 3.32. The average molecular weight is 333 g/mol. The van der Waals surface area contributed by atoms with Crippen LogP contribution < -0.4 is 0 Å². The standard InChI is InChI=1S/C19H28O3Si/c1-12(2)23(13(3)4,14(5)6)11-16-15-9-7-8-10-17(15)22-18(16)19(20)21/h7-10,12-14H,11H2,1-6H3,(H,20,21). The maximum absolute atomic E-state index is 11.7. The number of carboxylic acids is 1. The highest BCUT2D eigenvalue weighted by Crippen LogP contribution is 2.45. The molecule has 1 aromatic heterocycles. The highest BCUT2D eigenvalue weighted by molar-refractivity contribution is 6.83. The summed E-state index contributed by atoms with van der Waals surface area (Å²) in [5, 5.41) is 10.6. The predicted molar refractivity (Wildman–Crippen MR) is 97.9 cm³/mol. The van der Waals surface area contributed by atoms with Crippen LogP contribution in [0.15, 0.2) is 28.7 Å². The SMILES string of the molecule is CC(C)[Si](Cc1c(C(=O)O)oc2ccccc12)(C(C)C)C(C)C. The number of carbonyl (C=O) groups is 1. The van der Waals surface area contributed by atoms with Crippen LogP contribution in [0.2, 0.25) is 16.6 Å². The molecule has 0 radical (unpaired) electrons. The number of carboxylic acid groups (broad SMARTS) is 1. The average Bonchev–Trinajstić information content (AvgIpc) is 2.82. The molecule has 0 bridgehead atoms. The second kappa shape index (κ2) is 6.52. The maximum Gasteiger partial charge on any atom is 0.372 e. The lowest BCUT2D eigenvalue weighted by Crippen LogP contribution is -2.47. The Kier molecular flexibility index (Phi) is 5.04. The van der Waals surface area contributed by atoms with Gasteiger partial charge in [-0.15, -0.1) is 0 Å². The molecule has 0 aliphatic rings. The van der Waals surface area contributed by atoms with E-state index in [0.717, 1.165) is 17.0 Å². The Balaban J connectivity index is 2.67. The molecule has 126 valence electrons. The minimum Gasteiger partial charge on any atom is -0.475 e. The number of para-hydroxylation sites is 1. The fraction of sp³-hybridized carbons (Fsp3) is 0.526. The van der Waals surface area contributed by atoms with Crippen LogP contribution >= 0.6 is 0 Å². The number of hydrogen-bond donors (Lipinski definition) is 1. The second-order valence-corrected chi connectivity index (χ2v) is 13.5. The number of rotatable bonds is 6. The van der Waals surface area contributed by atoms with E-state index in [4.69, 9.17) is 4.42 Å². The summed E-state index contributed by atoms with van der Waals surface area (Å²) in [6.07, 6.45) is 0. The molecule has 0 amide bonds. The summed E-state index contributed by atoms with van der Waals surface area (Å²) in [4.78, 5) is 11.7. The number of aromatic carboxylic acids is 1. The predicted octanol–water partition coefficient (Wildman–Crippen LogP) is 5.89. The highest BCUT2D eigenvalue weighted by atomic mass is 28.3. The minimum absolute atomic E-state index is 0.130. The molecule has 0 spiro atoms. The van der Waals surface area contributed by atoms with Gasteiger partial charge in [0.05, 0.1) is 8.07 Å². The van der Waals surface area contributed by atoms with E-state index in [1.54, 1.807) is 0 Å². The van der Waals surface area contributed by atoms with Gasteiger partial charge in [-0.1, -0.05) is 76.4 Å². The third-order valence-electron chi connectivity index (χ3n) is 5.60. The lowest BCUT2D eigenvalue weighted by Gasteiger charge is -2.43. The zero-order chi connectivity index (χ0) is 17.4. The van der Waals surface area contributed by atoms with Crippen LogP contribution in [0, 0.1) is 0 Å². The normalized spacial score (nSPS) is 12.7. The van der Waals surface area contributed by atoms with E-state index in [0.29, 0.717) is 22.2 Å². The molecule has 1 N–H and O–H groups in total. The van der Waals surface area contributed by atoms with Crippen molar-refractivity contribution in [1.82, 2.24) is 0 Å². The van der Waals surface area contributed by atoms with Gasteiger partial charge >= 0.3 is 5.97 Å². The van der Waals surface area contributed by atoms with Crippen molar-refractivity contribution in [3.63, 3.8) is 0 Å². The smallest absolute Gasteiger partial charge is 0.372 e. The molecule has 0 saturated heterocycles. The van der Waals surface area contributed by atoms with Crippen molar-refractivity contribution in [3.8, 4) is 0 Å². The molecule has 0 aliphatic heterocycles. The van der Waals surface area contributed by atoms with Gasteiger partial charge in [-0.05, 0) is 12.1 Å². The number of hydrogen-bond acceptors (Lipinski definition) is 2. The summed E-state index contributed by atoms with van der Waals surface area (Å²) in [7, 11) is -1.75. The van der Waals surface area contributed by atoms with Crippen molar-refractivity contribution in [2.75, 3.05) is 0 Å². The molecule has 0 unspecified atom stereocenters. The van der Waals surface area contributed by atoms with Gasteiger partial charge in [0.25, 0.3) is 0 Å². The van der Waals surface area contributed by atoms with Gasteiger partial charge in [-0.2, -0.15) is 0 Å². The molecule has 3 nitrogen and oxygen atoms in total. The zero-order valence-electron chi connectivity index (χ0n) is 15.0. The molecule has 0 saturated carbocycles. The first-order chi connectivity index (χ1) is 10.7. The van der Waals surface area contributed by atoms with Crippen molar-refractivity contribution < 1.29 is 14.3 Å². The molecular formula is C19H28O3Si. The van der Waals surface area contributed by atoms with Crippen LogP contribution in [0.25, 0.3) is 11.0 Å². The molecule has 1 heterocycles. The Labute approximate surface area is 139 Å². The summed E-state index contributed by atoms with van der Waals surface area (Å²) in [6, 6.07) is 8.55.